The van der Waals surface area contributed by atoms with Gasteiger partial charge in [0, 0.05) is 9.50 Å². The molecule has 6 heteroatoms. The van der Waals surface area contributed by atoms with Crippen LogP contribution in [-0.4, -0.2) is 13.2 Å². The molecular weight excluding hydrogens is 326 g/mol. The Labute approximate surface area is 115 Å². The molecule has 0 heterocycles. The molecule has 3 nitrogen and oxygen atoms in total. The molecule has 0 bridgehead atoms. The van der Waals surface area contributed by atoms with Crippen molar-refractivity contribution in [1.29, 1.82) is 0 Å². The lowest BCUT2D eigenvalue weighted by atomic mass is 10.2. The standard InChI is InChI=1S/C11H15BrClO3P/c1-3-15-17(14,16-4-2)8-9-7-10(13)5-6-11(9)12/h5-7H,3-4,8H2,1-2H3. The van der Waals surface area contributed by atoms with Gasteiger partial charge < -0.3 is 9.05 Å². The molecule has 17 heavy (non-hydrogen) atoms. The average Bonchev–Trinajstić information content (AvgIpc) is 2.24. The number of hydrogen-bond acceptors (Lipinski definition) is 3. The van der Waals surface area contributed by atoms with Crippen LogP contribution in [0.25, 0.3) is 0 Å². The lowest BCUT2D eigenvalue weighted by Gasteiger charge is -2.17. The molecule has 0 fully saturated rings. The Bertz CT molecular complexity index is 415. The van der Waals surface area contributed by atoms with E-state index in [1.165, 1.54) is 0 Å². The highest BCUT2D eigenvalue weighted by Gasteiger charge is 2.25. The van der Waals surface area contributed by atoms with Crippen LogP contribution in [0.5, 0.6) is 0 Å². The monoisotopic (exact) mass is 340 g/mol. The van der Waals surface area contributed by atoms with Crippen LogP contribution < -0.4 is 0 Å². The lowest BCUT2D eigenvalue weighted by Crippen LogP contribution is -1.99. The van der Waals surface area contributed by atoms with Gasteiger partial charge in [-0.25, -0.2) is 0 Å². The molecule has 0 radical (unpaired) electrons. The first-order valence-corrected chi connectivity index (χ1v) is 8.22. The highest BCUT2D eigenvalue weighted by molar-refractivity contribution is 9.10. The van der Waals surface area contributed by atoms with E-state index in [1.54, 1.807) is 26.0 Å². The second kappa shape index (κ2) is 6.91. The van der Waals surface area contributed by atoms with E-state index in [2.05, 4.69) is 15.9 Å². The Hall–Kier alpha value is 0.140. The van der Waals surface area contributed by atoms with Crippen molar-refractivity contribution in [2.75, 3.05) is 13.2 Å². The summed E-state index contributed by atoms with van der Waals surface area (Å²) < 4.78 is 23.7. The van der Waals surface area contributed by atoms with Gasteiger partial charge in [-0.05, 0) is 37.6 Å². The van der Waals surface area contributed by atoms with E-state index in [0.717, 1.165) is 10.0 Å². The van der Waals surface area contributed by atoms with Crippen LogP contribution in [0.2, 0.25) is 5.02 Å². The van der Waals surface area contributed by atoms with Gasteiger partial charge in [-0.1, -0.05) is 27.5 Å². The minimum absolute atomic E-state index is 0.218. The molecule has 0 saturated heterocycles. The Morgan fingerprint density at radius 2 is 1.88 bits per heavy atom. The summed E-state index contributed by atoms with van der Waals surface area (Å²) in [5.41, 5.74) is 0.822. The van der Waals surface area contributed by atoms with Crippen LogP contribution >= 0.6 is 35.1 Å². The zero-order valence-electron chi connectivity index (χ0n) is 9.78. The molecule has 0 saturated carbocycles. The average molecular weight is 342 g/mol. The minimum Gasteiger partial charge on any atom is -0.309 e. The van der Waals surface area contributed by atoms with Crippen molar-refractivity contribution in [3.63, 3.8) is 0 Å². The van der Waals surface area contributed by atoms with Crippen LogP contribution in [0.1, 0.15) is 19.4 Å². The van der Waals surface area contributed by atoms with Gasteiger partial charge in [0.2, 0.25) is 0 Å². The fraction of sp³-hybridized carbons (Fsp3) is 0.455. The van der Waals surface area contributed by atoms with Gasteiger partial charge in [0.25, 0.3) is 0 Å². The van der Waals surface area contributed by atoms with Crippen molar-refractivity contribution in [2.45, 2.75) is 20.0 Å². The Balaban J connectivity index is 2.93. The first-order valence-electron chi connectivity index (χ1n) is 5.33. The van der Waals surface area contributed by atoms with Gasteiger partial charge in [0.05, 0.1) is 19.4 Å². The van der Waals surface area contributed by atoms with Crippen LogP contribution in [0.15, 0.2) is 22.7 Å². The third-order valence-corrected chi connectivity index (χ3v) is 5.06. The van der Waals surface area contributed by atoms with E-state index in [9.17, 15) is 4.57 Å². The van der Waals surface area contributed by atoms with Crippen molar-refractivity contribution >= 4 is 35.1 Å². The summed E-state index contributed by atoms with van der Waals surface area (Å²) in [6, 6.07) is 5.34. The Kier molecular flexibility index (Phi) is 6.18. The summed E-state index contributed by atoms with van der Waals surface area (Å²) in [7, 11) is -3.08. The predicted octanol–water partition coefficient (Wildman–Crippen LogP) is 4.87. The van der Waals surface area contributed by atoms with Crippen molar-refractivity contribution in [3.8, 4) is 0 Å². The van der Waals surface area contributed by atoms with Crippen LogP contribution in [-0.2, 0) is 19.8 Å². The zero-order valence-corrected chi connectivity index (χ0v) is 13.0. The molecule has 0 aliphatic heterocycles. The fourth-order valence-corrected chi connectivity index (χ4v) is 3.92. The first kappa shape index (κ1) is 15.2. The maximum absolute atomic E-state index is 12.3. The highest BCUT2D eigenvalue weighted by atomic mass is 79.9. The van der Waals surface area contributed by atoms with Gasteiger partial charge >= 0.3 is 7.60 Å². The van der Waals surface area contributed by atoms with Crippen LogP contribution in [0.4, 0.5) is 0 Å². The summed E-state index contributed by atoms with van der Waals surface area (Å²) in [5.74, 6) is 0. The van der Waals surface area contributed by atoms with E-state index in [0.29, 0.717) is 18.2 Å². The van der Waals surface area contributed by atoms with Crippen molar-refractivity contribution < 1.29 is 13.6 Å². The molecule has 1 aromatic rings. The molecule has 0 spiro atoms. The highest BCUT2D eigenvalue weighted by Crippen LogP contribution is 2.52. The summed E-state index contributed by atoms with van der Waals surface area (Å²) in [6.45, 7) is 4.29. The molecular formula is C11H15BrClO3P. The number of rotatable bonds is 6. The van der Waals surface area contributed by atoms with Crippen molar-refractivity contribution in [1.82, 2.24) is 0 Å². The predicted molar refractivity (Wildman–Crippen MR) is 73.7 cm³/mol. The van der Waals surface area contributed by atoms with Gasteiger partial charge in [-0.15, -0.1) is 0 Å². The summed E-state index contributed by atoms with van der Waals surface area (Å²) >= 11 is 9.30. The maximum Gasteiger partial charge on any atom is 0.335 e. The number of hydrogen-bond donors (Lipinski definition) is 0. The Morgan fingerprint density at radius 1 is 1.29 bits per heavy atom. The summed E-state index contributed by atoms with van der Waals surface area (Å²) in [6.07, 6.45) is 0.218. The first-order chi connectivity index (χ1) is 8.00. The summed E-state index contributed by atoms with van der Waals surface area (Å²) in [5, 5.41) is 0.600. The molecule has 0 aromatic heterocycles. The van der Waals surface area contributed by atoms with E-state index >= 15 is 0 Å². The van der Waals surface area contributed by atoms with Crippen molar-refractivity contribution in [3.05, 3.63) is 33.3 Å². The molecule has 0 N–H and O–H groups in total. The van der Waals surface area contributed by atoms with E-state index in [4.69, 9.17) is 20.6 Å². The molecule has 0 aliphatic rings. The summed E-state index contributed by atoms with van der Waals surface area (Å²) in [4.78, 5) is 0. The van der Waals surface area contributed by atoms with E-state index in [-0.39, 0.29) is 6.16 Å². The van der Waals surface area contributed by atoms with E-state index < -0.39 is 7.60 Å². The molecule has 0 atom stereocenters. The zero-order chi connectivity index (χ0) is 12.9. The van der Waals surface area contributed by atoms with Gasteiger partial charge in [-0.3, -0.25) is 4.57 Å². The van der Waals surface area contributed by atoms with Crippen LogP contribution in [0, 0.1) is 0 Å². The third kappa shape index (κ3) is 4.72. The molecule has 1 rings (SSSR count). The Morgan fingerprint density at radius 3 is 2.41 bits per heavy atom. The molecule has 1 aromatic carbocycles. The van der Waals surface area contributed by atoms with Crippen LogP contribution in [0.3, 0.4) is 0 Å². The van der Waals surface area contributed by atoms with Crippen molar-refractivity contribution in [2.24, 2.45) is 0 Å². The number of benzene rings is 1. The lowest BCUT2D eigenvalue weighted by molar-refractivity contribution is 0.219. The van der Waals surface area contributed by atoms with Gasteiger partial charge in [-0.2, -0.15) is 0 Å². The quantitative estimate of drug-likeness (QED) is 0.693. The molecule has 0 aliphatic carbocycles. The largest absolute Gasteiger partial charge is 0.335 e. The second-order valence-corrected chi connectivity index (χ2v) is 6.69. The number of halogens is 2. The van der Waals surface area contributed by atoms with E-state index in [1.807, 2.05) is 6.07 Å². The normalized spacial score (nSPS) is 11.8. The topological polar surface area (TPSA) is 35.5 Å². The third-order valence-electron chi connectivity index (χ3n) is 2.02. The van der Waals surface area contributed by atoms with Gasteiger partial charge in [0.15, 0.2) is 0 Å². The maximum atomic E-state index is 12.3. The molecule has 0 amide bonds. The second-order valence-electron chi connectivity index (χ2n) is 3.34. The fourth-order valence-electron chi connectivity index (χ4n) is 1.40. The molecule has 0 unspecified atom stereocenters. The SMILES string of the molecule is CCOP(=O)(Cc1cc(Cl)ccc1Br)OCC. The minimum atomic E-state index is -3.08. The van der Waals surface area contributed by atoms with Gasteiger partial charge in [0.1, 0.15) is 0 Å². The molecule has 96 valence electrons. The smallest absolute Gasteiger partial charge is 0.309 e.